The molecule has 0 atom stereocenters. The van der Waals surface area contributed by atoms with Crippen molar-refractivity contribution in [2.24, 2.45) is 0 Å². The number of hydrogen-bond acceptors (Lipinski definition) is 0. The van der Waals surface area contributed by atoms with Crippen molar-refractivity contribution in [1.82, 2.24) is 0 Å². The Labute approximate surface area is 74.2 Å². The van der Waals surface area contributed by atoms with Gasteiger partial charge in [0.1, 0.15) is 0 Å². The molecule has 0 unspecified atom stereocenters. The van der Waals surface area contributed by atoms with E-state index in [0.717, 1.165) is 0 Å². The van der Waals surface area contributed by atoms with E-state index in [0.29, 0.717) is 5.69 Å². The summed E-state index contributed by atoms with van der Waals surface area (Å²) in [4.78, 5) is 0. The molecule has 0 aromatic heterocycles. The fraction of sp³-hybridized carbons (Fsp3) is 0. The Morgan fingerprint density at radius 1 is 1.25 bits per heavy atom. The molecule has 0 heterocycles. The van der Waals surface area contributed by atoms with Gasteiger partial charge in [-0.05, 0) is 0 Å². The molecule has 1 nitrogen and oxygen atoms in total. The number of nitrogens with one attached hydrogen (secondary N) is 1. The van der Waals surface area contributed by atoms with Crippen LogP contribution in [-0.2, 0) is 32.7 Å². The Morgan fingerprint density at radius 2 is 1.75 bits per heavy atom. The van der Waals surface area contributed by atoms with Crippen LogP contribution in [0.5, 0.6) is 0 Å². The van der Waals surface area contributed by atoms with Crippen LogP contribution < -0.4 is 0 Å². The maximum Gasteiger partial charge on any atom is 0 e. The molecule has 39 valence electrons. The molecule has 1 radical (unpaired) electrons. The molecule has 0 saturated carbocycles. The molecular weight excluding hydrogens is 175 g/mol. The first kappa shape index (κ1) is 8.12. The third kappa shape index (κ3) is 2.44. The van der Waals surface area contributed by atoms with Crippen LogP contribution in [0.4, 0.5) is 5.69 Å². The van der Waals surface area contributed by atoms with Gasteiger partial charge < -0.3 is 5.73 Å². The maximum absolute atomic E-state index is 6.98. The van der Waals surface area contributed by atoms with Crippen LogP contribution in [0.15, 0.2) is 24.3 Å². The summed E-state index contributed by atoms with van der Waals surface area (Å²) in [7, 11) is 0. The summed E-state index contributed by atoms with van der Waals surface area (Å²) >= 11 is 0. The molecule has 0 fully saturated rings. The SMILES string of the molecule is [NH-]c1cc[c-]cc1.[Y]. The molecule has 0 aliphatic carbocycles. The van der Waals surface area contributed by atoms with Gasteiger partial charge in [0.25, 0.3) is 0 Å². The zero-order chi connectivity index (χ0) is 5.11. The molecule has 0 bridgehead atoms. The van der Waals surface area contributed by atoms with Crippen molar-refractivity contribution in [3.63, 3.8) is 0 Å². The second-order valence-electron chi connectivity index (χ2n) is 1.29. The van der Waals surface area contributed by atoms with Crippen molar-refractivity contribution in [3.05, 3.63) is 36.1 Å². The van der Waals surface area contributed by atoms with E-state index >= 15 is 0 Å². The molecule has 8 heavy (non-hydrogen) atoms. The van der Waals surface area contributed by atoms with Gasteiger partial charge in [-0.15, -0.1) is 0 Å². The van der Waals surface area contributed by atoms with Crippen molar-refractivity contribution < 1.29 is 32.7 Å². The molecule has 1 aromatic rings. The van der Waals surface area contributed by atoms with Crippen LogP contribution >= 0.6 is 0 Å². The van der Waals surface area contributed by atoms with E-state index in [1.165, 1.54) is 0 Å². The van der Waals surface area contributed by atoms with Crippen molar-refractivity contribution >= 4 is 5.69 Å². The monoisotopic (exact) mass is 180 g/mol. The van der Waals surface area contributed by atoms with Crippen LogP contribution in [0.1, 0.15) is 0 Å². The summed E-state index contributed by atoms with van der Waals surface area (Å²) in [6.07, 6.45) is 0. The Kier molecular flexibility index (Phi) is 4.11. The quantitative estimate of drug-likeness (QED) is 0.546. The molecule has 1 aromatic carbocycles. The largest absolute Gasteiger partial charge is 0.720 e. The number of benzene rings is 1. The summed E-state index contributed by atoms with van der Waals surface area (Å²) in [5, 5.41) is 0. The zero-order valence-corrected chi connectivity index (χ0v) is 7.23. The van der Waals surface area contributed by atoms with E-state index in [1.807, 2.05) is 0 Å². The van der Waals surface area contributed by atoms with Crippen LogP contribution in [0.2, 0.25) is 0 Å². The fourth-order valence-corrected chi connectivity index (χ4v) is 0.387. The van der Waals surface area contributed by atoms with Crippen LogP contribution in [-0.4, -0.2) is 0 Å². The summed E-state index contributed by atoms with van der Waals surface area (Å²) in [5.41, 5.74) is 7.52. The second-order valence-corrected chi connectivity index (χ2v) is 1.29. The number of hydrogen-bond donors (Lipinski definition) is 0. The van der Waals surface area contributed by atoms with Crippen molar-refractivity contribution in [1.29, 1.82) is 0 Å². The van der Waals surface area contributed by atoms with Crippen molar-refractivity contribution in [2.45, 2.75) is 0 Å². The smallest absolute Gasteiger partial charge is 0 e. The van der Waals surface area contributed by atoms with Gasteiger partial charge in [-0.2, -0.15) is 30.3 Å². The van der Waals surface area contributed by atoms with Crippen molar-refractivity contribution in [2.75, 3.05) is 0 Å². The molecule has 0 aliphatic rings. The maximum atomic E-state index is 6.98. The Morgan fingerprint density at radius 3 is 2.00 bits per heavy atom. The predicted molar refractivity (Wildman–Crippen MR) is 29.3 cm³/mol. The first-order valence-corrected chi connectivity index (χ1v) is 2.07. The van der Waals surface area contributed by atoms with Crippen LogP contribution in [0, 0.1) is 6.07 Å². The number of rotatable bonds is 0. The molecule has 0 amide bonds. The third-order valence-electron chi connectivity index (χ3n) is 0.718. The van der Waals surface area contributed by atoms with E-state index in [9.17, 15) is 0 Å². The van der Waals surface area contributed by atoms with Gasteiger partial charge in [0.05, 0.1) is 0 Å². The molecule has 2 heteroatoms. The third-order valence-corrected chi connectivity index (χ3v) is 0.718. The molecule has 0 aliphatic heterocycles. The minimum Gasteiger partial charge on any atom is -0.720 e. The van der Waals surface area contributed by atoms with Gasteiger partial charge >= 0.3 is 0 Å². The topological polar surface area (TPSA) is 23.8 Å². The second kappa shape index (κ2) is 4.05. The summed E-state index contributed by atoms with van der Waals surface area (Å²) in [5.74, 6) is 0. The van der Waals surface area contributed by atoms with Crippen molar-refractivity contribution in [3.8, 4) is 0 Å². The predicted octanol–water partition coefficient (Wildman–Crippen LogP) is 2.17. The Bertz CT molecular complexity index is 138. The molecule has 1 N–H and O–H groups in total. The van der Waals surface area contributed by atoms with Crippen LogP contribution in [0.3, 0.4) is 0 Å². The molecule has 0 saturated heterocycles. The van der Waals surface area contributed by atoms with E-state index in [2.05, 4.69) is 6.07 Å². The van der Waals surface area contributed by atoms with Gasteiger partial charge in [0.15, 0.2) is 0 Å². The van der Waals surface area contributed by atoms with Gasteiger partial charge in [0.2, 0.25) is 0 Å². The average molecular weight is 180 g/mol. The van der Waals surface area contributed by atoms with Gasteiger partial charge in [0, 0.05) is 32.7 Å². The molecular formula is C6H5NY-2. The summed E-state index contributed by atoms with van der Waals surface area (Å²) in [6.45, 7) is 0. The molecule has 0 spiro atoms. The van der Waals surface area contributed by atoms with Crippen LogP contribution in [0.25, 0.3) is 5.73 Å². The normalized spacial score (nSPS) is 7.50. The van der Waals surface area contributed by atoms with Gasteiger partial charge in [-0.1, -0.05) is 0 Å². The fourth-order valence-electron chi connectivity index (χ4n) is 0.387. The van der Waals surface area contributed by atoms with Gasteiger partial charge in [-0.3, -0.25) is 5.69 Å². The zero-order valence-electron chi connectivity index (χ0n) is 4.39. The average Bonchev–Trinajstić information content (AvgIpc) is 1.69. The Balaban J connectivity index is 0.000000490. The van der Waals surface area contributed by atoms with E-state index in [1.54, 1.807) is 24.3 Å². The summed E-state index contributed by atoms with van der Waals surface area (Å²) in [6, 6.07) is 9.65. The van der Waals surface area contributed by atoms with E-state index in [-0.39, 0.29) is 32.7 Å². The summed E-state index contributed by atoms with van der Waals surface area (Å²) < 4.78 is 0. The Hall–Kier alpha value is 0.124. The standard InChI is InChI=1S/C6H5N.Y/c7-6-4-2-1-3-5-6;/h2-5,7H;/q-2;. The minimum atomic E-state index is 0. The van der Waals surface area contributed by atoms with E-state index < -0.39 is 0 Å². The van der Waals surface area contributed by atoms with E-state index in [4.69, 9.17) is 5.73 Å². The van der Waals surface area contributed by atoms with Gasteiger partial charge in [-0.25, -0.2) is 0 Å². The minimum absolute atomic E-state index is 0. The first-order valence-electron chi connectivity index (χ1n) is 2.07. The first-order chi connectivity index (χ1) is 3.39. The molecule has 1 rings (SSSR count).